The predicted molar refractivity (Wildman–Crippen MR) is 89.9 cm³/mol. The van der Waals surface area contributed by atoms with Crippen molar-refractivity contribution in [1.82, 2.24) is 0 Å². The van der Waals surface area contributed by atoms with Gasteiger partial charge in [-0.25, -0.2) is 0 Å². The third-order valence-corrected chi connectivity index (χ3v) is 3.36. The van der Waals surface area contributed by atoms with Gasteiger partial charge in [-0.2, -0.15) is 0 Å². The molecule has 0 saturated heterocycles. The van der Waals surface area contributed by atoms with Crippen molar-refractivity contribution in [2.24, 2.45) is 0 Å². The number of halogens is 2. The molecule has 2 aromatic rings. The van der Waals surface area contributed by atoms with Crippen LogP contribution in [0.25, 0.3) is 10.8 Å². The Balaban J connectivity index is 1.82. The van der Waals surface area contributed by atoms with Gasteiger partial charge in [0.25, 0.3) is 0 Å². The van der Waals surface area contributed by atoms with Crippen molar-refractivity contribution >= 4 is 45.9 Å². The molecule has 0 heterocycles. The van der Waals surface area contributed by atoms with Crippen LogP contribution >= 0.6 is 23.2 Å². The zero-order valence-electron chi connectivity index (χ0n) is 12.3. The molecule has 0 amide bonds. The van der Waals surface area contributed by atoms with Crippen molar-refractivity contribution in [3.63, 3.8) is 0 Å². The van der Waals surface area contributed by atoms with Crippen molar-refractivity contribution < 1.29 is 19.1 Å². The molecule has 4 nitrogen and oxygen atoms in total. The Morgan fingerprint density at radius 2 is 1.65 bits per heavy atom. The lowest BCUT2D eigenvalue weighted by Crippen LogP contribution is -2.12. The van der Waals surface area contributed by atoms with E-state index in [9.17, 15) is 9.59 Å². The monoisotopic (exact) mass is 354 g/mol. The molecular formula is C17H16Cl2O4. The number of esters is 2. The zero-order chi connectivity index (χ0) is 16.7. The minimum absolute atomic E-state index is 0.0532. The maximum Gasteiger partial charge on any atom is 0.311 e. The third kappa shape index (κ3) is 5.73. The molecule has 2 rings (SSSR count). The largest absolute Gasteiger partial charge is 0.463 e. The highest BCUT2D eigenvalue weighted by Gasteiger charge is 2.11. The third-order valence-electron chi connectivity index (χ3n) is 3.11. The van der Waals surface area contributed by atoms with Gasteiger partial charge in [-0.3, -0.25) is 9.59 Å². The Morgan fingerprint density at radius 3 is 2.43 bits per heavy atom. The second-order valence-electron chi connectivity index (χ2n) is 4.88. The Morgan fingerprint density at radius 1 is 0.957 bits per heavy atom. The van der Waals surface area contributed by atoms with Crippen LogP contribution in [0.5, 0.6) is 5.75 Å². The second kappa shape index (κ2) is 8.75. The lowest BCUT2D eigenvalue weighted by Gasteiger charge is -2.08. The van der Waals surface area contributed by atoms with Crippen LogP contribution in [0, 0.1) is 0 Å². The smallest absolute Gasteiger partial charge is 0.311 e. The summed E-state index contributed by atoms with van der Waals surface area (Å²) < 4.78 is 10.2. The summed E-state index contributed by atoms with van der Waals surface area (Å²) in [6, 6.07) is 13.2. The van der Waals surface area contributed by atoms with Crippen molar-refractivity contribution in [2.45, 2.75) is 24.1 Å². The van der Waals surface area contributed by atoms with Crippen LogP contribution in [0.4, 0.5) is 0 Å². The van der Waals surface area contributed by atoms with E-state index in [2.05, 4.69) is 0 Å². The molecule has 0 aliphatic heterocycles. The Hall–Kier alpha value is -1.78. The summed E-state index contributed by atoms with van der Waals surface area (Å²) in [6.45, 7) is -0.0532. The van der Waals surface area contributed by atoms with Gasteiger partial charge >= 0.3 is 11.9 Å². The summed E-state index contributed by atoms with van der Waals surface area (Å²) in [6.07, 6.45) is 0.590. The zero-order valence-corrected chi connectivity index (χ0v) is 13.8. The number of rotatable bonds is 7. The van der Waals surface area contributed by atoms with Gasteiger partial charge in [0, 0.05) is 18.2 Å². The van der Waals surface area contributed by atoms with Crippen LogP contribution in [0.3, 0.4) is 0 Å². The molecule has 0 atom stereocenters. The first-order valence-corrected chi connectivity index (χ1v) is 8.06. The highest BCUT2D eigenvalue weighted by Crippen LogP contribution is 2.25. The second-order valence-corrected chi connectivity index (χ2v) is 6.16. The van der Waals surface area contributed by atoms with Crippen molar-refractivity contribution in [1.29, 1.82) is 0 Å². The van der Waals surface area contributed by atoms with E-state index < -0.39 is 10.8 Å². The number of carbonyl (C=O) groups is 2. The van der Waals surface area contributed by atoms with Gasteiger partial charge in [-0.05, 0) is 17.9 Å². The van der Waals surface area contributed by atoms with Crippen molar-refractivity contribution in [3.05, 3.63) is 42.5 Å². The Labute approximate surface area is 144 Å². The molecule has 122 valence electrons. The van der Waals surface area contributed by atoms with Gasteiger partial charge in [-0.1, -0.05) is 36.4 Å². The summed E-state index contributed by atoms with van der Waals surface area (Å²) in [7, 11) is 0. The van der Waals surface area contributed by atoms with Gasteiger partial charge in [0.1, 0.15) is 17.2 Å². The molecule has 2 aromatic carbocycles. The molecule has 23 heavy (non-hydrogen) atoms. The molecule has 0 N–H and O–H groups in total. The van der Waals surface area contributed by atoms with Crippen molar-refractivity contribution in [3.8, 4) is 5.75 Å². The fourth-order valence-corrected chi connectivity index (χ4v) is 2.19. The Bertz CT molecular complexity index is 680. The highest BCUT2D eigenvalue weighted by atomic mass is 35.5. The number of alkyl halides is 2. The normalized spacial score (nSPS) is 10.7. The van der Waals surface area contributed by atoms with Crippen LogP contribution in [-0.2, 0) is 14.3 Å². The highest BCUT2D eigenvalue weighted by molar-refractivity contribution is 6.44. The molecule has 0 aliphatic carbocycles. The van der Waals surface area contributed by atoms with Gasteiger partial charge in [0.05, 0.1) is 0 Å². The number of carbonyl (C=O) groups excluding carboxylic acids is 2. The first-order valence-electron chi connectivity index (χ1n) is 7.18. The number of hydrogen-bond donors (Lipinski definition) is 0. The van der Waals surface area contributed by atoms with E-state index in [1.54, 1.807) is 6.07 Å². The molecule has 6 heteroatoms. The first kappa shape index (κ1) is 17.6. The molecule has 0 aromatic heterocycles. The number of benzene rings is 2. The average Bonchev–Trinajstić information content (AvgIpc) is 2.53. The molecule has 0 unspecified atom stereocenters. The van der Waals surface area contributed by atoms with E-state index in [4.69, 9.17) is 32.7 Å². The minimum atomic E-state index is -0.740. The van der Waals surface area contributed by atoms with Gasteiger partial charge < -0.3 is 9.47 Å². The lowest BCUT2D eigenvalue weighted by molar-refractivity contribution is -0.143. The first-order chi connectivity index (χ1) is 11.1. The van der Waals surface area contributed by atoms with E-state index in [1.807, 2.05) is 36.4 Å². The van der Waals surface area contributed by atoms with E-state index in [0.29, 0.717) is 12.2 Å². The predicted octanol–water partition coefficient (Wildman–Crippen LogP) is 4.26. The quantitative estimate of drug-likeness (QED) is 0.423. The molecule has 0 radical (unpaired) electrons. The van der Waals surface area contributed by atoms with Crippen LogP contribution < -0.4 is 4.74 Å². The van der Waals surface area contributed by atoms with Crippen LogP contribution in [0.15, 0.2) is 42.5 Å². The molecule has 0 aliphatic rings. The van der Waals surface area contributed by atoms with Crippen LogP contribution in [-0.4, -0.2) is 23.4 Å². The number of hydrogen-bond acceptors (Lipinski definition) is 4. The average molecular weight is 355 g/mol. The molecule has 0 spiro atoms. The van der Waals surface area contributed by atoms with E-state index >= 15 is 0 Å². The van der Waals surface area contributed by atoms with Gasteiger partial charge in [-0.15, -0.1) is 23.2 Å². The summed E-state index contributed by atoms with van der Waals surface area (Å²) in [5.41, 5.74) is 0. The SMILES string of the molecule is O=C(CCCC(=O)Oc1cccc2ccccc12)OCC(Cl)Cl. The topological polar surface area (TPSA) is 52.6 Å². The standard InChI is InChI=1S/C17H16Cl2O4/c18-15(19)11-22-16(20)9-4-10-17(21)23-14-8-3-6-12-5-1-2-7-13(12)14/h1-3,5-8,15H,4,9-11H2. The van der Waals surface area contributed by atoms with Crippen LogP contribution in [0.1, 0.15) is 19.3 Å². The summed E-state index contributed by atoms with van der Waals surface area (Å²) in [4.78, 5) is 22.5. The van der Waals surface area contributed by atoms with Gasteiger partial charge in [0.15, 0.2) is 0 Å². The summed E-state index contributed by atoms with van der Waals surface area (Å²) in [5.74, 6) is -0.307. The lowest BCUT2D eigenvalue weighted by atomic mass is 10.1. The van der Waals surface area contributed by atoms with E-state index in [-0.39, 0.29) is 25.4 Å². The summed E-state index contributed by atoms with van der Waals surface area (Å²) in [5, 5.41) is 1.87. The van der Waals surface area contributed by atoms with E-state index in [0.717, 1.165) is 10.8 Å². The fourth-order valence-electron chi connectivity index (χ4n) is 2.06. The van der Waals surface area contributed by atoms with Crippen LogP contribution in [0.2, 0.25) is 0 Å². The minimum Gasteiger partial charge on any atom is -0.463 e. The molecule has 0 saturated carbocycles. The molecule has 0 bridgehead atoms. The molecular weight excluding hydrogens is 339 g/mol. The Kier molecular flexibility index (Phi) is 6.68. The molecule has 0 fully saturated rings. The summed E-state index contributed by atoms with van der Waals surface area (Å²) >= 11 is 10.9. The maximum absolute atomic E-state index is 11.9. The van der Waals surface area contributed by atoms with E-state index in [1.165, 1.54) is 0 Å². The van der Waals surface area contributed by atoms with Gasteiger partial charge in [0.2, 0.25) is 0 Å². The maximum atomic E-state index is 11.9. The number of ether oxygens (including phenoxy) is 2. The number of fused-ring (bicyclic) bond motifs is 1. The van der Waals surface area contributed by atoms with Crippen molar-refractivity contribution in [2.75, 3.05) is 6.61 Å². The fraction of sp³-hybridized carbons (Fsp3) is 0.294.